The molecule has 0 aromatic heterocycles. The summed E-state index contributed by atoms with van der Waals surface area (Å²) in [6, 6.07) is 13.8. The maximum Gasteiger partial charge on any atom is 0.123 e. The van der Waals surface area contributed by atoms with E-state index in [0.717, 1.165) is 24.9 Å². The zero-order valence-electron chi connectivity index (χ0n) is 13.2. The highest BCUT2D eigenvalue weighted by molar-refractivity contribution is 5.47. The molecule has 1 nitrogen and oxygen atoms in total. The molecule has 0 heterocycles. The molecular weight excluding hydrogens is 273 g/mol. The summed E-state index contributed by atoms with van der Waals surface area (Å²) in [6.07, 6.45) is 6.40. The second-order valence-electron chi connectivity index (χ2n) is 6.21. The van der Waals surface area contributed by atoms with Crippen molar-refractivity contribution >= 4 is 0 Å². The molecule has 0 aliphatic heterocycles. The van der Waals surface area contributed by atoms with Gasteiger partial charge in [0.2, 0.25) is 0 Å². The number of nitrogens with zero attached hydrogens (tertiary/aromatic N) is 1. The maximum absolute atomic E-state index is 13.8. The first-order valence-electron chi connectivity index (χ1n) is 7.82. The molecule has 114 valence electrons. The third-order valence-electron chi connectivity index (χ3n) is 4.30. The standard InChI is InChI=1S/C20H22FN/c1-22(2)13-5-8-19-18-7-4-3-6-15(18)9-10-16-11-12-17(21)14-20(16)19/h3-8,11-12,14,19H,9-10,13H2,1-2H3/b8-5+. The van der Waals surface area contributed by atoms with Crippen molar-refractivity contribution in [3.8, 4) is 0 Å². The molecular formula is C20H22FN. The number of hydrogen-bond donors (Lipinski definition) is 0. The van der Waals surface area contributed by atoms with Crippen molar-refractivity contribution in [3.63, 3.8) is 0 Å². The lowest BCUT2D eigenvalue weighted by molar-refractivity contribution is 0.456. The van der Waals surface area contributed by atoms with Crippen molar-refractivity contribution in [3.05, 3.63) is 82.7 Å². The van der Waals surface area contributed by atoms with E-state index in [-0.39, 0.29) is 11.7 Å². The van der Waals surface area contributed by atoms with Gasteiger partial charge < -0.3 is 4.90 Å². The number of hydrogen-bond acceptors (Lipinski definition) is 1. The SMILES string of the molecule is CN(C)C/C=C/C1c2ccccc2CCc2ccc(F)cc21. The van der Waals surface area contributed by atoms with Crippen LogP contribution in [0.1, 0.15) is 28.2 Å². The molecule has 2 heteroatoms. The van der Waals surface area contributed by atoms with E-state index in [2.05, 4.69) is 55.4 Å². The molecule has 0 radical (unpaired) electrons. The third kappa shape index (κ3) is 3.12. The second kappa shape index (κ2) is 6.45. The van der Waals surface area contributed by atoms with E-state index in [0.29, 0.717) is 0 Å². The van der Waals surface area contributed by atoms with Gasteiger partial charge in [0.25, 0.3) is 0 Å². The van der Waals surface area contributed by atoms with Crippen LogP contribution in [0.15, 0.2) is 54.6 Å². The number of benzene rings is 2. The summed E-state index contributed by atoms with van der Waals surface area (Å²) in [7, 11) is 4.11. The molecule has 0 bridgehead atoms. The average molecular weight is 295 g/mol. The number of halogens is 1. The molecule has 1 aliphatic rings. The maximum atomic E-state index is 13.8. The Morgan fingerprint density at radius 2 is 1.77 bits per heavy atom. The summed E-state index contributed by atoms with van der Waals surface area (Å²) in [6.45, 7) is 0.892. The first-order valence-corrected chi connectivity index (χ1v) is 7.82. The van der Waals surface area contributed by atoms with Gasteiger partial charge in [0.05, 0.1) is 0 Å². The van der Waals surface area contributed by atoms with Crippen molar-refractivity contribution in [2.24, 2.45) is 0 Å². The predicted molar refractivity (Wildman–Crippen MR) is 89.8 cm³/mol. The van der Waals surface area contributed by atoms with Crippen molar-refractivity contribution < 1.29 is 4.39 Å². The van der Waals surface area contributed by atoms with Crippen LogP contribution in [0.2, 0.25) is 0 Å². The van der Waals surface area contributed by atoms with Crippen molar-refractivity contribution in [2.75, 3.05) is 20.6 Å². The molecule has 0 fully saturated rings. The quantitative estimate of drug-likeness (QED) is 0.768. The fraction of sp³-hybridized carbons (Fsp3) is 0.300. The van der Waals surface area contributed by atoms with Crippen LogP contribution >= 0.6 is 0 Å². The highest BCUT2D eigenvalue weighted by atomic mass is 19.1. The zero-order valence-corrected chi connectivity index (χ0v) is 13.2. The van der Waals surface area contributed by atoms with Gasteiger partial charge >= 0.3 is 0 Å². The highest BCUT2D eigenvalue weighted by Gasteiger charge is 2.21. The largest absolute Gasteiger partial charge is 0.306 e. The first-order chi connectivity index (χ1) is 10.6. The van der Waals surface area contributed by atoms with Crippen LogP contribution in [0.3, 0.4) is 0 Å². The van der Waals surface area contributed by atoms with E-state index >= 15 is 0 Å². The van der Waals surface area contributed by atoms with Gasteiger partial charge in [-0.05, 0) is 61.3 Å². The lowest BCUT2D eigenvalue weighted by Gasteiger charge is -2.17. The molecule has 2 aromatic carbocycles. The van der Waals surface area contributed by atoms with E-state index in [1.807, 2.05) is 6.07 Å². The number of allylic oxidation sites excluding steroid dienone is 1. The van der Waals surface area contributed by atoms with E-state index in [1.54, 1.807) is 12.1 Å². The van der Waals surface area contributed by atoms with Crippen LogP contribution in [0.4, 0.5) is 4.39 Å². The fourth-order valence-electron chi connectivity index (χ4n) is 3.20. The lowest BCUT2D eigenvalue weighted by atomic mass is 9.87. The highest BCUT2D eigenvalue weighted by Crippen LogP contribution is 2.35. The van der Waals surface area contributed by atoms with Crippen LogP contribution in [-0.2, 0) is 12.8 Å². The Bertz CT molecular complexity index is 688. The van der Waals surface area contributed by atoms with Gasteiger partial charge in [-0.2, -0.15) is 0 Å². The lowest BCUT2D eigenvalue weighted by Crippen LogP contribution is -2.11. The molecule has 1 atom stereocenters. The molecule has 22 heavy (non-hydrogen) atoms. The topological polar surface area (TPSA) is 3.24 Å². The molecule has 0 saturated carbocycles. The van der Waals surface area contributed by atoms with Crippen molar-refractivity contribution in [1.82, 2.24) is 4.90 Å². The Hall–Kier alpha value is -1.93. The first kappa shape index (κ1) is 15.0. The Balaban J connectivity index is 2.08. The predicted octanol–water partition coefficient (Wildman–Crippen LogP) is 4.17. The monoisotopic (exact) mass is 295 g/mol. The zero-order chi connectivity index (χ0) is 15.5. The molecule has 0 spiro atoms. The third-order valence-corrected chi connectivity index (χ3v) is 4.30. The smallest absolute Gasteiger partial charge is 0.123 e. The van der Waals surface area contributed by atoms with E-state index in [1.165, 1.54) is 16.7 Å². The van der Waals surface area contributed by atoms with Crippen LogP contribution < -0.4 is 0 Å². The van der Waals surface area contributed by atoms with Gasteiger partial charge in [-0.3, -0.25) is 0 Å². The van der Waals surface area contributed by atoms with Crippen molar-refractivity contribution in [2.45, 2.75) is 18.8 Å². The Labute approximate surface area is 132 Å². The van der Waals surface area contributed by atoms with Gasteiger partial charge in [-0.1, -0.05) is 42.5 Å². The van der Waals surface area contributed by atoms with E-state index in [9.17, 15) is 4.39 Å². The minimum absolute atomic E-state index is 0.143. The van der Waals surface area contributed by atoms with Crippen LogP contribution in [0.5, 0.6) is 0 Å². The molecule has 2 aromatic rings. The van der Waals surface area contributed by atoms with Gasteiger partial charge in [-0.25, -0.2) is 4.39 Å². The van der Waals surface area contributed by atoms with Gasteiger partial charge in [0.15, 0.2) is 0 Å². The second-order valence-corrected chi connectivity index (χ2v) is 6.21. The van der Waals surface area contributed by atoms with E-state index < -0.39 is 0 Å². The number of fused-ring (bicyclic) bond motifs is 2. The minimum Gasteiger partial charge on any atom is -0.306 e. The molecule has 1 aliphatic carbocycles. The van der Waals surface area contributed by atoms with Gasteiger partial charge in [0, 0.05) is 12.5 Å². The Morgan fingerprint density at radius 1 is 1.05 bits per heavy atom. The van der Waals surface area contributed by atoms with Crippen molar-refractivity contribution in [1.29, 1.82) is 0 Å². The molecule has 1 unspecified atom stereocenters. The molecule has 3 rings (SSSR count). The number of rotatable bonds is 3. The van der Waals surface area contributed by atoms with Gasteiger partial charge in [-0.15, -0.1) is 0 Å². The normalized spacial score (nSPS) is 17.4. The summed E-state index contributed by atoms with van der Waals surface area (Å²) in [5, 5.41) is 0. The minimum atomic E-state index is -0.149. The summed E-state index contributed by atoms with van der Waals surface area (Å²) in [4.78, 5) is 2.13. The summed E-state index contributed by atoms with van der Waals surface area (Å²) in [5.74, 6) is -0.00603. The number of likely N-dealkylation sites (N-methyl/N-ethyl adjacent to an activating group) is 1. The van der Waals surface area contributed by atoms with Gasteiger partial charge in [0.1, 0.15) is 5.82 Å². The molecule has 0 saturated heterocycles. The Kier molecular flexibility index (Phi) is 4.39. The average Bonchev–Trinajstić information content (AvgIpc) is 2.65. The van der Waals surface area contributed by atoms with Crippen LogP contribution in [-0.4, -0.2) is 25.5 Å². The number of aryl methyl sites for hydroxylation is 2. The Morgan fingerprint density at radius 3 is 2.55 bits per heavy atom. The molecule has 0 N–H and O–H groups in total. The fourth-order valence-corrected chi connectivity index (χ4v) is 3.20. The summed E-state index contributed by atoms with van der Waals surface area (Å²) >= 11 is 0. The van der Waals surface area contributed by atoms with Crippen LogP contribution in [0, 0.1) is 5.82 Å². The summed E-state index contributed by atoms with van der Waals surface area (Å²) < 4.78 is 13.8. The summed E-state index contributed by atoms with van der Waals surface area (Å²) in [5.41, 5.74) is 5.05. The van der Waals surface area contributed by atoms with Crippen LogP contribution in [0.25, 0.3) is 0 Å². The molecule has 0 amide bonds. The van der Waals surface area contributed by atoms with E-state index in [4.69, 9.17) is 0 Å².